The quantitative estimate of drug-likeness (QED) is 0.686. The van der Waals surface area contributed by atoms with Crippen LogP contribution in [0.15, 0.2) is 30.3 Å². The zero-order valence-corrected chi connectivity index (χ0v) is 12.3. The predicted octanol–water partition coefficient (Wildman–Crippen LogP) is 3.43. The number of anilines is 1. The van der Waals surface area contributed by atoms with Crippen molar-refractivity contribution < 1.29 is 9.53 Å². The molecule has 0 radical (unpaired) electrons. The van der Waals surface area contributed by atoms with Gasteiger partial charge in [0.15, 0.2) is 5.78 Å². The molecule has 0 aromatic heterocycles. The summed E-state index contributed by atoms with van der Waals surface area (Å²) in [5, 5.41) is 0. The van der Waals surface area contributed by atoms with Crippen molar-refractivity contribution in [1.29, 1.82) is 0 Å². The molecule has 0 fully saturated rings. The van der Waals surface area contributed by atoms with E-state index in [2.05, 4.69) is 0 Å². The number of nitrogen functional groups attached to an aromatic ring is 1. The number of benzene rings is 2. The number of carbonyl (C=O) groups is 1. The third kappa shape index (κ3) is 2.52. The van der Waals surface area contributed by atoms with E-state index in [9.17, 15) is 4.79 Å². The van der Waals surface area contributed by atoms with E-state index < -0.39 is 0 Å². The molecule has 0 bridgehead atoms. The van der Waals surface area contributed by atoms with E-state index in [1.165, 1.54) is 0 Å². The summed E-state index contributed by atoms with van der Waals surface area (Å²) in [6, 6.07) is 9.25. The van der Waals surface area contributed by atoms with E-state index in [-0.39, 0.29) is 5.78 Å². The second-order valence-corrected chi connectivity index (χ2v) is 5.06. The highest BCUT2D eigenvalue weighted by Gasteiger charge is 2.16. The molecule has 2 N–H and O–H groups in total. The van der Waals surface area contributed by atoms with E-state index in [0.717, 1.165) is 22.4 Å². The van der Waals surface area contributed by atoms with Gasteiger partial charge in [0.2, 0.25) is 0 Å². The van der Waals surface area contributed by atoms with Crippen LogP contribution in [0.25, 0.3) is 0 Å². The van der Waals surface area contributed by atoms with Crippen LogP contribution in [0.4, 0.5) is 5.69 Å². The summed E-state index contributed by atoms with van der Waals surface area (Å²) in [5.41, 5.74) is 10.5. The lowest BCUT2D eigenvalue weighted by Crippen LogP contribution is -2.08. The van der Waals surface area contributed by atoms with Crippen molar-refractivity contribution in [1.82, 2.24) is 0 Å². The zero-order chi connectivity index (χ0) is 14.9. The van der Waals surface area contributed by atoms with Gasteiger partial charge in [-0.05, 0) is 56.2 Å². The van der Waals surface area contributed by atoms with Crippen LogP contribution in [0.2, 0.25) is 0 Å². The van der Waals surface area contributed by atoms with Crippen molar-refractivity contribution in [3.8, 4) is 5.75 Å². The molecule has 0 saturated heterocycles. The monoisotopic (exact) mass is 269 g/mol. The van der Waals surface area contributed by atoms with E-state index in [0.29, 0.717) is 16.8 Å². The molecule has 2 rings (SSSR count). The molecule has 0 aliphatic heterocycles. The molecule has 0 unspecified atom stereocenters. The normalized spacial score (nSPS) is 10.4. The molecule has 2 aromatic rings. The molecule has 3 nitrogen and oxygen atoms in total. The lowest BCUT2D eigenvalue weighted by Gasteiger charge is -2.12. The van der Waals surface area contributed by atoms with Crippen molar-refractivity contribution >= 4 is 11.5 Å². The summed E-state index contributed by atoms with van der Waals surface area (Å²) < 4.78 is 5.27. The maximum absolute atomic E-state index is 12.7. The van der Waals surface area contributed by atoms with Gasteiger partial charge in [-0.1, -0.05) is 11.6 Å². The number of nitrogens with two attached hydrogens (primary N) is 1. The summed E-state index contributed by atoms with van der Waals surface area (Å²) in [4.78, 5) is 12.7. The van der Waals surface area contributed by atoms with Gasteiger partial charge in [-0.2, -0.15) is 0 Å². The maximum Gasteiger partial charge on any atom is 0.195 e. The van der Waals surface area contributed by atoms with Gasteiger partial charge in [0, 0.05) is 16.8 Å². The van der Waals surface area contributed by atoms with E-state index in [4.69, 9.17) is 10.5 Å². The van der Waals surface area contributed by atoms with Gasteiger partial charge in [0.05, 0.1) is 7.11 Å². The Morgan fingerprint density at radius 2 is 1.70 bits per heavy atom. The first-order valence-electron chi connectivity index (χ1n) is 6.50. The molecule has 2 aromatic carbocycles. The Kier molecular flexibility index (Phi) is 3.79. The molecule has 20 heavy (non-hydrogen) atoms. The maximum atomic E-state index is 12.7. The fourth-order valence-electron chi connectivity index (χ4n) is 2.27. The van der Waals surface area contributed by atoms with Crippen molar-refractivity contribution in [2.75, 3.05) is 12.8 Å². The predicted molar refractivity (Wildman–Crippen MR) is 81.5 cm³/mol. The number of carbonyl (C=O) groups excluding carboxylic acids is 1. The van der Waals surface area contributed by atoms with E-state index in [1.807, 2.05) is 45.0 Å². The minimum absolute atomic E-state index is 0.0468. The average molecular weight is 269 g/mol. The minimum atomic E-state index is -0.0468. The molecule has 0 spiro atoms. The van der Waals surface area contributed by atoms with Crippen LogP contribution < -0.4 is 10.5 Å². The highest BCUT2D eigenvalue weighted by Crippen LogP contribution is 2.26. The Labute approximate surface area is 119 Å². The number of methoxy groups -OCH3 is 1. The number of ketones is 1. The van der Waals surface area contributed by atoms with Crippen LogP contribution >= 0.6 is 0 Å². The molecule has 3 heteroatoms. The van der Waals surface area contributed by atoms with E-state index in [1.54, 1.807) is 13.2 Å². The number of aryl methyl sites for hydroxylation is 3. The van der Waals surface area contributed by atoms with Gasteiger partial charge >= 0.3 is 0 Å². The van der Waals surface area contributed by atoms with Gasteiger partial charge in [-0.3, -0.25) is 4.79 Å². The topological polar surface area (TPSA) is 52.3 Å². The Morgan fingerprint density at radius 3 is 2.35 bits per heavy atom. The average Bonchev–Trinajstić information content (AvgIpc) is 2.42. The van der Waals surface area contributed by atoms with Gasteiger partial charge in [-0.25, -0.2) is 0 Å². The number of rotatable bonds is 3. The number of hydrogen-bond donors (Lipinski definition) is 1. The Hall–Kier alpha value is -2.29. The second-order valence-electron chi connectivity index (χ2n) is 5.06. The molecule has 104 valence electrons. The highest BCUT2D eigenvalue weighted by atomic mass is 16.5. The Morgan fingerprint density at radius 1 is 1.00 bits per heavy atom. The van der Waals surface area contributed by atoms with Crippen LogP contribution in [0.3, 0.4) is 0 Å². The molecule has 0 amide bonds. The van der Waals surface area contributed by atoms with Crippen LogP contribution in [0, 0.1) is 20.8 Å². The fraction of sp³-hybridized carbons (Fsp3) is 0.235. The molecular weight excluding hydrogens is 250 g/mol. The summed E-state index contributed by atoms with van der Waals surface area (Å²) in [6.45, 7) is 5.78. The second kappa shape index (κ2) is 5.37. The van der Waals surface area contributed by atoms with Crippen LogP contribution in [-0.2, 0) is 0 Å². The summed E-state index contributed by atoms with van der Waals surface area (Å²) >= 11 is 0. The first-order chi connectivity index (χ1) is 9.43. The van der Waals surface area contributed by atoms with Crippen molar-refractivity contribution in [3.05, 3.63) is 58.1 Å². The van der Waals surface area contributed by atoms with Crippen LogP contribution in [-0.4, -0.2) is 12.9 Å². The fourth-order valence-corrected chi connectivity index (χ4v) is 2.27. The molecule has 0 aliphatic carbocycles. The molecule has 0 atom stereocenters. The minimum Gasteiger partial charge on any atom is -0.496 e. The lowest BCUT2D eigenvalue weighted by molar-refractivity contribution is 0.103. The summed E-state index contributed by atoms with van der Waals surface area (Å²) in [7, 11) is 1.63. The van der Waals surface area contributed by atoms with Crippen LogP contribution in [0.1, 0.15) is 32.6 Å². The lowest BCUT2D eigenvalue weighted by atomic mass is 9.95. The van der Waals surface area contributed by atoms with Crippen molar-refractivity contribution in [3.63, 3.8) is 0 Å². The van der Waals surface area contributed by atoms with E-state index >= 15 is 0 Å². The van der Waals surface area contributed by atoms with Crippen molar-refractivity contribution in [2.24, 2.45) is 0 Å². The number of hydrogen-bond acceptors (Lipinski definition) is 3. The van der Waals surface area contributed by atoms with Crippen LogP contribution in [0.5, 0.6) is 5.75 Å². The first-order valence-corrected chi connectivity index (χ1v) is 6.50. The Balaban J connectivity index is 2.54. The largest absolute Gasteiger partial charge is 0.496 e. The molecule has 0 saturated carbocycles. The van der Waals surface area contributed by atoms with Gasteiger partial charge in [0.25, 0.3) is 0 Å². The SMILES string of the molecule is COc1cc(C)c(C(=O)c2cc(C)ccc2N)cc1C. The van der Waals surface area contributed by atoms with Crippen molar-refractivity contribution in [2.45, 2.75) is 20.8 Å². The summed E-state index contributed by atoms with van der Waals surface area (Å²) in [6.07, 6.45) is 0. The molecular formula is C17H19NO2. The van der Waals surface area contributed by atoms with Gasteiger partial charge < -0.3 is 10.5 Å². The molecule has 0 heterocycles. The van der Waals surface area contributed by atoms with Gasteiger partial charge in [-0.15, -0.1) is 0 Å². The molecule has 0 aliphatic rings. The first kappa shape index (κ1) is 14.1. The zero-order valence-electron chi connectivity index (χ0n) is 12.3. The smallest absolute Gasteiger partial charge is 0.195 e. The standard InChI is InChI=1S/C17H19NO2/c1-10-5-6-15(18)14(7-10)17(19)13-8-12(3)16(20-4)9-11(13)2/h5-9H,18H2,1-4H3. The summed E-state index contributed by atoms with van der Waals surface area (Å²) in [5.74, 6) is 0.741. The van der Waals surface area contributed by atoms with Gasteiger partial charge in [0.1, 0.15) is 5.75 Å². The number of ether oxygens (including phenoxy) is 1. The highest BCUT2D eigenvalue weighted by molar-refractivity contribution is 6.13. The third-order valence-corrected chi connectivity index (χ3v) is 3.44. The Bertz CT molecular complexity index is 675. The third-order valence-electron chi connectivity index (χ3n) is 3.44.